The number of halogens is 1. The van der Waals surface area contributed by atoms with E-state index in [1.807, 2.05) is 12.1 Å². The summed E-state index contributed by atoms with van der Waals surface area (Å²) in [6, 6.07) is 16.0. The largest absolute Gasteiger partial charge is 0.326 e. The quantitative estimate of drug-likeness (QED) is 0.901. The minimum atomic E-state index is -0.460. The number of benzene rings is 2. The van der Waals surface area contributed by atoms with Gasteiger partial charge in [0.2, 0.25) is 0 Å². The highest BCUT2D eigenvalue weighted by molar-refractivity contribution is 6.47. The number of piperidine rings is 1. The van der Waals surface area contributed by atoms with Gasteiger partial charge in [0.05, 0.1) is 0 Å². The number of aliphatic imine (C=N–C) groups is 1. The first-order valence-electron chi connectivity index (χ1n) is 8.99. The lowest BCUT2D eigenvalue weighted by molar-refractivity contribution is -0.115. The highest BCUT2D eigenvalue weighted by Crippen LogP contribution is 2.29. The van der Waals surface area contributed by atoms with Crippen LogP contribution in [0, 0.1) is 6.92 Å². The van der Waals surface area contributed by atoms with E-state index in [0.717, 1.165) is 38.0 Å². The first kappa shape index (κ1) is 17.3. The molecule has 2 aliphatic heterocycles. The second kappa shape index (κ2) is 6.86. The molecule has 1 saturated heterocycles. The molecule has 26 heavy (non-hydrogen) atoms. The van der Waals surface area contributed by atoms with E-state index in [2.05, 4.69) is 41.4 Å². The first-order valence-corrected chi connectivity index (χ1v) is 9.37. The summed E-state index contributed by atoms with van der Waals surface area (Å²) in [5.74, 6) is -0.0979. The normalized spacial score (nSPS) is 19.5. The van der Waals surface area contributed by atoms with Gasteiger partial charge in [-0.25, -0.2) is 0 Å². The van der Waals surface area contributed by atoms with Gasteiger partial charge in [0.15, 0.2) is 0 Å². The maximum Gasteiger partial charge on any atom is 0.272 e. The molecule has 1 fully saturated rings. The molecule has 2 aromatic carbocycles. The summed E-state index contributed by atoms with van der Waals surface area (Å²) in [6.07, 6.45) is 1.66. The minimum Gasteiger partial charge on any atom is -0.326 e. The Hall–Kier alpha value is -2.17. The van der Waals surface area contributed by atoms with Gasteiger partial charge in [0.1, 0.15) is 11.4 Å². The molecule has 5 heteroatoms. The van der Waals surface area contributed by atoms with Gasteiger partial charge in [-0.2, -0.15) is 0 Å². The van der Waals surface area contributed by atoms with Gasteiger partial charge in [-0.1, -0.05) is 53.6 Å². The van der Waals surface area contributed by atoms with Crippen molar-refractivity contribution in [3.63, 3.8) is 0 Å². The second-order valence-corrected chi connectivity index (χ2v) is 7.65. The number of likely N-dealkylation sites (tertiary alicyclic amines) is 1. The summed E-state index contributed by atoms with van der Waals surface area (Å²) in [4.78, 5) is 19.7. The van der Waals surface area contributed by atoms with Crippen LogP contribution in [-0.2, 0) is 11.3 Å². The monoisotopic (exact) mass is 367 g/mol. The lowest BCUT2D eigenvalue weighted by Gasteiger charge is -2.37. The third-order valence-electron chi connectivity index (χ3n) is 5.20. The van der Waals surface area contributed by atoms with Gasteiger partial charge in [-0.15, -0.1) is 0 Å². The number of carbonyl (C=O) groups excluding carboxylic acids is 1. The Balaban J connectivity index is 1.45. The van der Waals surface area contributed by atoms with E-state index in [9.17, 15) is 4.79 Å². The Bertz CT molecular complexity index is 852. The summed E-state index contributed by atoms with van der Waals surface area (Å²) in [5, 5.41) is 3.73. The molecule has 0 bridgehead atoms. The molecule has 0 atom stereocenters. The molecule has 2 heterocycles. The number of carbonyl (C=O) groups is 1. The number of aryl methyl sites for hydroxylation is 1. The van der Waals surface area contributed by atoms with Gasteiger partial charge in [0, 0.05) is 43.1 Å². The van der Waals surface area contributed by atoms with E-state index in [-0.39, 0.29) is 5.91 Å². The molecule has 2 aliphatic rings. The Labute approximate surface area is 158 Å². The van der Waals surface area contributed by atoms with Crippen molar-refractivity contribution in [1.29, 1.82) is 0 Å². The molecule has 0 radical (unpaired) electrons. The van der Waals surface area contributed by atoms with E-state index < -0.39 is 5.66 Å². The van der Waals surface area contributed by atoms with E-state index in [1.165, 1.54) is 11.1 Å². The van der Waals surface area contributed by atoms with Crippen LogP contribution in [-0.4, -0.2) is 35.3 Å². The van der Waals surface area contributed by atoms with E-state index in [1.54, 1.807) is 12.1 Å². The average Bonchev–Trinajstić information content (AvgIpc) is 2.95. The van der Waals surface area contributed by atoms with Crippen molar-refractivity contribution < 1.29 is 4.79 Å². The SMILES string of the molecule is Cc1ccc(CN2CCC3(CC2)N=C(c2cccc(Cl)c2)C(=O)N3)cc1. The number of hydrogen-bond acceptors (Lipinski definition) is 3. The lowest BCUT2D eigenvalue weighted by atomic mass is 9.97. The van der Waals surface area contributed by atoms with Crippen LogP contribution in [0.25, 0.3) is 0 Å². The zero-order chi connectivity index (χ0) is 18.1. The number of nitrogens with one attached hydrogen (secondary N) is 1. The van der Waals surface area contributed by atoms with Crippen molar-refractivity contribution in [3.8, 4) is 0 Å². The van der Waals surface area contributed by atoms with Crippen LogP contribution < -0.4 is 5.32 Å². The number of amides is 1. The predicted molar refractivity (Wildman–Crippen MR) is 105 cm³/mol. The molecule has 1 N–H and O–H groups in total. The Morgan fingerprint density at radius 3 is 2.58 bits per heavy atom. The summed E-state index contributed by atoms with van der Waals surface area (Å²) in [5.41, 5.74) is 3.43. The van der Waals surface area contributed by atoms with Crippen LogP contribution in [0.15, 0.2) is 53.5 Å². The van der Waals surface area contributed by atoms with Gasteiger partial charge >= 0.3 is 0 Å². The number of hydrogen-bond donors (Lipinski definition) is 1. The van der Waals surface area contributed by atoms with Gasteiger partial charge < -0.3 is 5.32 Å². The second-order valence-electron chi connectivity index (χ2n) is 7.22. The predicted octanol–water partition coefficient (Wildman–Crippen LogP) is 3.56. The van der Waals surface area contributed by atoms with Crippen molar-refractivity contribution >= 4 is 23.2 Å². The fourth-order valence-corrected chi connectivity index (χ4v) is 3.85. The zero-order valence-electron chi connectivity index (χ0n) is 14.8. The van der Waals surface area contributed by atoms with Crippen molar-refractivity contribution in [2.75, 3.05) is 13.1 Å². The molecule has 2 aromatic rings. The topological polar surface area (TPSA) is 44.7 Å². The third kappa shape index (κ3) is 3.53. The standard InChI is InChI=1S/C21H22ClN3O/c1-15-5-7-16(8-6-15)14-25-11-9-21(10-12-25)23-19(20(26)24-21)17-3-2-4-18(22)13-17/h2-8,13H,9-12,14H2,1H3,(H,24,26). The Kier molecular flexibility index (Phi) is 4.55. The van der Waals surface area contributed by atoms with Crippen LogP contribution in [0.1, 0.15) is 29.5 Å². The van der Waals surface area contributed by atoms with E-state index >= 15 is 0 Å². The van der Waals surface area contributed by atoms with Gasteiger partial charge in [-0.3, -0.25) is 14.7 Å². The van der Waals surface area contributed by atoms with Crippen molar-refractivity contribution in [2.45, 2.75) is 32.0 Å². The molecule has 0 unspecified atom stereocenters. The van der Waals surface area contributed by atoms with Gasteiger partial charge in [0.25, 0.3) is 5.91 Å². The fraction of sp³-hybridized carbons (Fsp3) is 0.333. The first-order chi connectivity index (χ1) is 12.5. The fourth-order valence-electron chi connectivity index (χ4n) is 3.66. The average molecular weight is 368 g/mol. The minimum absolute atomic E-state index is 0.0979. The van der Waals surface area contributed by atoms with Crippen molar-refractivity contribution in [2.24, 2.45) is 4.99 Å². The lowest BCUT2D eigenvalue weighted by Crippen LogP contribution is -2.50. The number of rotatable bonds is 3. The Morgan fingerprint density at radius 1 is 1.15 bits per heavy atom. The molecule has 1 amide bonds. The van der Waals surface area contributed by atoms with E-state index in [0.29, 0.717) is 10.7 Å². The molecule has 4 rings (SSSR count). The smallest absolute Gasteiger partial charge is 0.272 e. The summed E-state index contributed by atoms with van der Waals surface area (Å²) in [6.45, 7) is 4.88. The van der Waals surface area contributed by atoms with Crippen molar-refractivity contribution in [3.05, 3.63) is 70.2 Å². The summed E-state index contributed by atoms with van der Waals surface area (Å²) in [7, 11) is 0. The third-order valence-corrected chi connectivity index (χ3v) is 5.43. The highest BCUT2D eigenvalue weighted by Gasteiger charge is 2.42. The summed E-state index contributed by atoms with van der Waals surface area (Å²) < 4.78 is 0. The molecule has 1 spiro atoms. The van der Waals surface area contributed by atoms with Crippen LogP contribution in [0.2, 0.25) is 5.02 Å². The molecule has 4 nitrogen and oxygen atoms in total. The zero-order valence-corrected chi connectivity index (χ0v) is 15.6. The van der Waals surface area contributed by atoms with E-state index in [4.69, 9.17) is 16.6 Å². The maximum absolute atomic E-state index is 12.5. The molecule has 0 aliphatic carbocycles. The molecular formula is C21H22ClN3O. The van der Waals surface area contributed by atoms with Crippen LogP contribution >= 0.6 is 11.6 Å². The molecule has 0 aromatic heterocycles. The molecular weight excluding hydrogens is 346 g/mol. The number of nitrogens with zero attached hydrogens (tertiary/aromatic N) is 2. The summed E-state index contributed by atoms with van der Waals surface area (Å²) >= 11 is 6.06. The van der Waals surface area contributed by atoms with Crippen molar-refractivity contribution in [1.82, 2.24) is 10.2 Å². The molecule has 0 saturated carbocycles. The van der Waals surface area contributed by atoms with Crippen LogP contribution in [0.3, 0.4) is 0 Å². The molecule has 134 valence electrons. The highest BCUT2D eigenvalue weighted by atomic mass is 35.5. The maximum atomic E-state index is 12.5. The Morgan fingerprint density at radius 2 is 1.88 bits per heavy atom. The van der Waals surface area contributed by atoms with Crippen LogP contribution in [0.4, 0.5) is 0 Å². The van der Waals surface area contributed by atoms with Gasteiger partial charge in [-0.05, 0) is 24.6 Å². The van der Waals surface area contributed by atoms with Crippen LogP contribution in [0.5, 0.6) is 0 Å².